The lowest BCUT2D eigenvalue weighted by Gasteiger charge is -2.41. The van der Waals surface area contributed by atoms with E-state index in [2.05, 4.69) is 9.97 Å². The number of nitrogens with zero attached hydrogens (tertiary/aromatic N) is 4. The fourth-order valence-electron chi connectivity index (χ4n) is 4.62. The maximum Gasteiger partial charge on any atom is 0.280 e. The number of hydrogen-bond acceptors (Lipinski definition) is 4. The minimum absolute atomic E-state index is 0.176. The molecule has 5 rings (SSSR count). The molecule has 1 amide bonds. The number of pyridine rings is 2. The zero-order valence-electron chi connectivity index (χ0n) is 15.6. The third kappa shape index (κ3) is 3.02. The van der Waals surface area contributed by atoms with E-state index in [4.69, 9.17) is 0 Å². The number of hydrogen-bond donors (Lipinski definition) is 0. The van der Waals surface area contributed by atoms with E-state index in [1.807, 2.05) is 16.0 Å². The number of amides is 1. The molecule has 2 aromatic rings. The summed E-state index contributed by atoms with van der Waals surface area (Å²) in [6, 6.07) is 3.18. The maximum absolute atomic E-state index is 12.8. The SMILES string of the molecule is O=C(CC1CN(c2ccnc(C(F)F)c2)C1)N1Cc2cnc3c(c2C1)CCC3. The van der Waals surface area contributed by atoms with Crippen LogP contribution in [-0.2, 0) is 30.7 Å². The third-order valence-electron chi connectivity index (χ3n) is 6.15. The fourth-order valence-corrected chi connectivity index (χ4v) is 4.62. The van der Waals surface area contributed by atoms with Crippen LogP contribution in [0, 0.1) is 5.92 Å². The van der Waals surface area contributed by atoms with E-state index < -0.39 is 6.43 Å². The first-order valence-corrected chi connectivity index (χ1v) is 9.84. The quantitative estimate of drug-likeness (QED) is 0.812. The summed E-state index contributed by atoms with van der Waals surface area (Å²) in [4.78, 5) is 25.0. The van der Waals surface area contributed by atoms with Crippen molar-refractivity contribution < 1.29 is 13.6 Å². The van der Waals surface area contributed by atoms with Crippen molar-refractivity contribution >= 4 is 11.6 Å². The molecule has 0 N–H and O–H groups in total. The molecule has 1 saturated heterocycles. The molecule has 7 heteroatoms. The molecular weight excluding hydrogens is 362 g/mol. The molecule has 1 aliphatic carbocycles. The van der Waals surface area contributed by atoms with Crippen molar-refractivity contribution in [2.75, 3.05) is 18.0 Å². The second kappa shape index (κ2) is 6.79. The number of aryl methyl sites for hydroxylation is 1. The molecule has 28 heavy (non-hydrogen) atoms. The van der Waals surface area contributed by atoms with Crippen molar-refractivity contribution in [2.45, 2.75) is 45.2 Å². The second-order valence-electron chi connectivity index (χ2n) is 8.01. The Kier molecular flexibility index (Phi) is 4.25. The molecule has 0 radical (unpaired) electrons. The van der Waals surface area contributed by atoms with Gasteiger partial charge < -0.3 is 9.80 Å². The van der Waals surface area contributed by atoms with Crippen molar-refractivity contribution in [1.82, 2.24) is 14.9 Å². The van der Waals surface area contributed by atoms with E-state index in [0.29, 0.717) is 19.5 Å². The smallest absolute Gasteiger partial charge is 0.280 e. The molecule has 4 heterocycles. The van der Waals surface area contributed by atoms with Crippen LogP contribution in [-0.4, -0.2) is 33.9 Å². The van der Waals surface area contributed by atoms with Crippen molar-refractivity contribution in [2.24, 2.45) is 5.92 Å². The largest absolute Gasteiger partial charge is 0.371 e. The van der Waals surface area contributed by atoms with Gasteiger partial charge in [-0.25, -0.2) is 8.78 Å². The number of rotatable bonds is 4. The summed E-state index contributed by atoms with van der Waals surface area (Å²) >= 11 is 0. The van der Waals surface area contributed by atoms with Crippen molar-refractivity contribution in [3.63, 3.8) is 0 Å². The van der Waals surface area contributed by atoms with E-state index in [-0.39, 0.29) is 17.5 Å². The lowest BCUT2D eigenvalue weighted by molar-refractivity contribution is -0.133. The van der Waals surface area contributed by atoms with Crippen molar-refractivity contribution in [1.29, 1.82) is 0 Å². The van der Waals surface area contributed by atoms with Crippen LogP contribution in [0.2, 0.25) is 0 Å². The summed E-state index contributed by atoms with van der Waals surface area (Å²) in [6.07, 6.45) is 4.60. The number of carbonyl (C=O) groups is 1. The Labute approximate surface area is 162 Å². The highest BCUT2D eigenvalue weighted by molar-refractivity contribution is 5.78. The van der Waals surface area contributed by atoms with E-state index in [9.17, 15) is 13.6 Å². The lowest BCUT2D eigenvalue weighted by atomic mass is 9.95. The normalized spacial score (nSPS) is 18.4. The Morgan fingerprint density at radius 3 is 2.86 bits per heavy atom. The highest BCUT2D eigenvalue weighted by Crippen LogP contribution is 2.34. The van der Waals surface area contributed by atoms with Crippen LogP contribution < -0.4 is 4.90 Å². The van der Waals surface area contributed by atoms with E-state index in [1.54, 1.807) is 6.07 Å². The molecular formula is C21H22F2N4O. The number of aromatic nitrogens is 2. The van der Waals surface area contributed by atoms with Gasteiger partial charge in [0, 0.05) is 62.3 Å². The molecule has 0 aromatic carbocycles. The summed E-state index contributed by atoms with van der Waals surface area (Å²) in [6.45, 7) is 2.80. The molecule has 146 valence electrons. The minimum atomic E-state index is -2.56. The fraction of sp³-hybridized carbons (Fsp3) is 0.476. The standard InChI is InChI=1S/C21H22F2N4O/c22-21(23)19-7-15(4-5-24-19)26-9-13(10-26)6-20(28)27-11-14-8-25-18-3-1-2-16(18)17(14)12-27/h4-5,7-8,13,21H,1-3,6,9-12H2. The minimum Gasteiger partial charge on any atom is -0.371 e. The molecule has 0 saturated carbocycles. The summed E-state index contributed by atoms with van der Waals surface area (Å²) in [7, 11) is 0. The van der Waals surface area contributed by atoms with Gasteiger partial charge in [-0.3, -0.25) is 14.8 Å². The van der Waals surface area contributed by atoms with Crippen LogP contribution in [0.4, 0.5) is 14.5 Å². The summed E-state index contributed by atoms with van der Waals surface area (Å²) in [5, 5.41) is 0. The molecule has 0 bridgehead atoms. The van der Waals surface area contributed by atoms with Crippen LogP contribution in [0.15, 0.2) is 24.5 Å². The van der Waals surface area contributed by atoms with Gasteiger partial charge in [-0.15, -0.1) is 0 Å². The highest BCUT2D eigenvalue weighted by atomic mass is 19.3. The van der Waals surface area contributed by atoms with Crippen LogP contribution in [0.1, 0.15) is 47.3 Å². The Bertz CT molecular complexity index is 927. The predicted molar refractivity (Wildman–Crippen MR) is 100 cm³/mol. The molecule has 5 nitrogen and oxygen atoms in total. The number of anilines is 1. The van der Waals surface area contributed by atoms with Gasteiger partial charge in [-0.2, -0.15) is 0 Å². The average molecular weight is 384 g/mol. The monoisotopic (exact) mass is 384 g/mol. The highest BCUT2D eigenvalue weighted by Gasteiger charge is 2.33. The Morgan fingerprint density at radius 1 is 1.18 bits per heavy atom. The molecule has 0 atom stereocenters. The number of fused-ring (bicyclic) bond motifs is 3. The van der Waals surface area contributed by atoms with Crippen molar-refractivity contribution in [3.8, 4) is 0 Å². The zero-order chi connectivity index (χ0) is 19.3. The molecule has 2 aliphatic heterocycles. The first-order chi connectivity index (χ1) is 13.6. The van der Waals surface area contributed by atoms with Gasteiger partial charge in [-0.05, 0) is 48.1 Å². The predicted octanol–water partition coefficient (Wildman–Crippen LogP) is 3.27. The lowest BCUT2D eigenvalue weighted by Crippen LogP contribution is -2.48. The van der Waals surface area contributed by atoms with E-state index in [1.165, 1.54) is 34.6 Å². The topological polar surface area (TPSA) is 49.3 Å². The summed E-state index contributed by atoms with van der Waals surface area (Å²) < 4.78 is 25.6. The first-order valence-electron chi connectivity index (χ1n) is 9.84. The number of carbonyl (C=O) groups excluding carboxylic acids is 1. The van der Waals surface area contributed by atoms with Gasteiger partial charge in [0.05, 0.1) is 0 Å². The third-order valence-corrected chi connectivity index (χ3v) is 6.15. The molecule has 2 aromatic heterocycles. The maximum atomic E-state index is 12.8. The van der Waals surface area contributed by atoms with Crippen LogP contribution in [0.3, 0.4) is 0 Å². The van der Waals surface area contributed by atoms with Gasteiger partial charge >= 0.3 is 0 Å². The number of halogens is 2. The second-order valence-corrected chi connectivity index (χ2v) is 8.01. The molecule has 0 unspecified atom stereocenters. The van der Waals surface area contributed by atoms with Crippen LogP contribution in [0.25, 0.3) is 0 Å². The first kappa shape index (κ1) is 17.5. The van der Waals surface area contributed by atoms with Crippen molar-refractivity contribution in [3.05, 3.63) is 52.6 Å². The van der Waals surface area contributed by atoms with Crippen LogP contribution in [0.5, 0.6) is 0 Å². The molecule has 3 aliphatic rings. The molecule has 0 spiro atoms. The van der Waals surface area contributed by atoms with Gasteiger partial charge in [0.2, 0.25) is 5.91 Å². The molecule has 1 fully saturated rings. The summed E-state index contributed by atoms with van der Waals surface area (Å²) in [5.74, 6) is 0.443. The number of alkyl halides is 2. The summed E-state index contributed by atoms with van der Waals surface area (Å²) in [5.41, 5.74) is 5.65. The Balaban J connectivity index is 1.18. The van der Waals surface area contributed by atoms with Gasteiger partial charge in [-0.1, -0.05) is 0 Å². The Hall–Kier alpha value is -2.57. The van der Waals surface area contributed by atoms with Gasteiger partial charge in [0.1, 0.15) is 5.69 Å². The average Bonchev–Trinajstić information content (AvgIpc) is 3.30. The van der Waals surface area contributed by atoms with Gasteiger partial charge in [0.25, 0.3) is 6.43 Å². The Morgan fingerprint density at radius 2 is 2.04 bits per heavy atom. The zero-order valence-corrected chi connectivity index (χ0v) is 15.6. The van der Waals surface area contributed by atoms with E-state index >= 15 is 0 Å². The van der Waals surface area contributed by atoms with Crippen LogP contribution >= 0.6 is 0 Å². The van der Waals surface area contributed by atoms with E-state index in [0.717, 1.165) is 38.0 Å². The van der Waals surface area contributed by atoms with Gasteiger partial charge in [0.15, 0.2) is 0 Å².